The summed E-state index contributed by atoms with van der Waals surface area (Å²) in [6.45, 7) is 13.3. The number of halogens is 3. The number of imidazole rings is 1. The van der Waals surface area contributed by atoms with Crippen molar-refractivity contribution >= 4 is 11.7 Å². The SMILES string of the molecule is [C-]#[N+]c1ccc(-n2nccc2-c2c(C)n(-c3cccc(C(F)(F)F)c3)c(=O)n2C(=O)NC(C)C)c(CC[N+](C)(C)C)c1. The van der Waals surface area contributed by atoms with E-state index >= 15 is 0 Å². The van der Waals surface area contributed by atoms with E-state index in [1.165, 1.54) is 18.3 Å². The van der Waals surface area contributed by atoms with Crippen molar-refractivity contribution in [2.45, 2.75) is 39.4 Å². The standard InChI is InChI=1S/C30H32F3N7O2/c1-19(2)36-28(41)38-27(20(3)37(29(38)42)24-10-8-9-22(18-24)30(31,32)33)26-13-15-35-39(26)25-12-11-23(34-4)17-21(25)14-16-40(5,6)7/h8-13,15,17-19H,14,16H2,1-3,5-7H3/p+1. The minimum atomic E-state index is -4.62. The lowest BCUT2D eigenvalue weighted by molar-refractivity contribution is -0.870. The maximum atomic E-state index is 13.8. The first-order chi connectivity index (χ1) is 19.6. The molecular weight excluding hydrogens is 547 g/mol. The van der Waals surface area contributed by atoms with Gasteiger partial charge < -0.3 is 9.80 Å². The normalized spacial score (nSPS) is 12.0. The summed E-state index contributed by atoms with van der Waals surface area (Å²) >= 11 is 0. The molecule has 9 nitrogen and oxygen atoms in total. The minimum absolute atomic E-state index is 0.0271. The van der Waals surface area contributed by atoms with E-state index in [1.54, 1.807) is 49.7 Å². The molecule has 2 aromatic carbocycles. The van der Waals surface area contributed by atoms with Crippen LogP contribution in [0.5, 0.6) is 0 Å². The Morgan fingerprint density at radius 1 is 1.12 bits per heavy atom. The number of carbonyl (C=O) groups is 1. The smallest absolute Gasteiger partial charge is 0.335 e. The number of quaternary nitrogens is 1. The third-order valence-corrected chi connectivity index (χ3v) is 6.69. The molecule has 0 aliphatic carbocycles. The summed E-state index contributed by atoms with van der Waals surface area (Å²) in [5.41, 5.74) is 1.02. The summed E-state index contributed by atoms with van der Waals surface area (Å²) in [7, 11) is 6.18. The molecule has 12 heteroatoms. The van der Waals surface area contributed by atoms with Gasteiger partial charge in [0.05, 0.1) is 68.8 Å². The van der Waals surface area contributed by atoms with E-state index in [2.05, 4.69) is 36.4 Å². The monoisotopic (exact) mass is 580 g/mol. The van der Waals surface area contributed by atoms with Crippen molar-refractivity contribution < 1.29 is 22.4 Å². The van der Waals surface area contributed by atoms with Crippen LogP contribution >= 0.6 is 0 Å². The molecule has 220 valence electrons. The van der Waals surface area contributed by atoms with Gasteiger partial charge in [0.2, 0.25) is 0 Å². The van der Waals surface area contributed by atoms with E-state index in [9.17, 15) is 22.8 Å². The Kier molecular flexibility index (Phi) is 8.18. The molecule has 0 spiro atoms. The van der Waals surface area contributed by atoms with Gasteiger partial charge in [0.1, 0.15) is 5.69 Å². The summed E-state index contributed by atoms with van der Waals surface area (Å²) in [5.74, 6) is 0. The van der Waals surface area contributed by atoms with Crippen LogP contribution in [-0.4, -0.2) is 63.2 Å². The summed E-state index contributed by atoms with van der Waals surface area (Å²) in [6, 6.07) is 10.3. The van der Waals surface area contributed by atoms with Gasteiger partial charge >= 0.3 is 17.9 Å². The zero-order chi connectivity index (χ0) is 31.0. The molecule has 0 aliphatic rings. The molecule has 0 aliphatic heterocycles. The first kappa shape index (κ1) is 30.3. The van der Waals surface area contributed by atoms with Crippen molar-refractivity contribution in [3.05, 3.63) is 93.5 Å². The Morgan fingerprint density at radius 3 is 2.45 bits per heavy atom. The van der Waals surface area contributed by atoms with Gasteiger partial charge in [-0.05, 0) is 56.7 Å². The maximum Gasteiger partial charge on any atom is 0.416 e. The first-order valence-corrected chi connectivity index (χ1v) is 13.3. The zero-order valence-electron chi connectivity index (χ0n) is 24.3. The van der Waals surface area contributed by atoms with E-state index in [0.29, 0.717) is 28.0 Å². The molecule has 0 fully saturated rings. The molecule has 0 saturated heterocycles. The highest BCUT2D eigenvalue weighted by molar-refractivity contribution is 5.83. The van der Waals surface area contributed by atoms with Gasteiger partial charge in [-0.25, -0.2) is 23.7 Å². The molecule has 0 unspecified atom stereocenters. The predicted octanol–water partition coefficient (Wildman–Crippen LogP) is 5.58. The van der Waals surface area contributed by atoms with E-state index in [-0.39, 0.29) is 23.1 Å². The molecule has 0 atom stereocenters. The topological polar surface area (TPSA) is 78.2 Å². The number of likely N-dealkylation sites (N-methyl/N-ethyl adjacent to an activating group) is 1. The third-order valence-electron chi connectivity index (χ3n) is 6.69. The lowest BCUT2D eigenvalue weighted by Crippen LogP contribution is -2.40. The Bertz CT molecular complexity index is 1730. The quantitative estimate of drug-likeness (QED) is 0.229. The first-order valence-electron chi connectivity index (χ1n) is 13.3. The van der Waals surface area contributed by atoms with Crippen molar-refractivity contribution in [2.24, 2.45) is 0 Å². The largest absolute Gasteiger partial charge is 0.416 e. The molecule has 4 rings (SSSR count). The molecule has 1 N–H and O–H groups in total. The van der Waals surface area contributed by atoms with Crippen molar-refractivity contribution in [1.29, 1.82) is 0 Å². The molecule has 0 bridgehead atoms. The average molecular weight is 581 g/mol. The van der Waals surface area contributed by atoms with Crippen LogP contribution in [0.25, 0.3) is 27.6 Å². The van der Waals surface area contributed by atoms with Crippen LogP contribution in [0.3, 0.4) is 0 Å². The van der Waals surface area contributed by atoms with Crippen LogP contribution in [0.1, 0.15) is 30.7 Å². The van der Waals surface area contributed by atoms with Crippen LogP contribution in [0.15, 0.2) is 59.5 Å². The highest BCUT2D eigenvalue weighted by atomic mass is 19.4. The van der Waals surface area contributed by atoms with Crippen LogP contribution in [-0.2, 0) is 12.6 Å². The molecule has 2 aromatic heterocycles. The van der Waals surface area contributed by atoms with Gasteiger partial charge in [0.25, 0.3) is 0 Å². The molecule has 4 aromatic rings. The number of alkyl halides is 3. The summed E-state index contributed by atoms with van der Waals surface area (Å²) < 4.78 is 44.9. The molecular formula is C30H33F3N7O2+. The van der Waals surface area contributed by atoms with Crippen molar-refractivity contribution in [3.63, 3.8) is 0 Å². The lowest BCUT2D eigenvalue weighted by Gasteiger charge is -2.24. The van der Waals surface area contributed by atoms with E-state index in [0.717, 1.165) is 33.4 Å². The zero-order valence-corrected chi connectivity index (χ0v) is 24.3. The van der Waals surface area contributed by atoms with Gasteiger partial charge in [-0.15, -0.1) is 0 Å². The van der Waals surface area contributed by atoms with Crippen molar-refractivity contribution in [1.82, 2.24) is 24.2 Å². The van der Waals surface area contributed by atoms with Gasteiger partial charge in [-0.2, -0.15) is 18.3 Å². The van der Waals surface area contributed by atoms with Gasteiger partial charge in [0.15, 0.2) is 5.69 Å². The fraction of sp³-hybridized carbons (Fsp3) is 0.333. The number of carbonyl (C=O) groups excluding carboxylic acids is 1. The molecule has 0 saturated carbocycles. The maximum absolute atomic E-state index is 13.8. The molecule has 1 amide bonds. The molecule has 2 heterocycles. The van der Waals surface area contributed by atoms with Crippen LogP contribution < -0.4 is 11.0 Å². The van der Waals surface area contributed by atoms with Gasteiger partial charge in [0, 0.05) is 12.5 Å². The van der Waals surface area contributed by atoms with Gasteiger partial charge in [-0.3, -0.25) is 4.57 Å². The number of benzene rings is 2. The van der Waals surface area contributed by atoms with Crippen LogP contribution in [0.2, 0.25) is 0 Å². The predicted molar refractivity (Wildman–Crippen MR) is 154 cm³/mol. The third kappa shape index (κ3) is 6.16. The fourth-order valence-electron chi connectivity index (χ4n) is 4.71. The minimum Gasteiger partial charge on any atom is -0.335 e. The number of amides is 1. The number of aromatic nitrogens is 4. The van der Waals surface area contributed by atoms with Crippen molar-refractivity contribution in [3.8, 4) is 22.8 Å². The highest BCUT2D eigenvalue weighted by Crippen LogP contribution is 2.33. The number of nitrogens with one attached hydrogen (secondary N) is 1. The van der Waals surface area contributed by atoms with Crippen LogP contribution in [0.4, 0.5) is 23.7 Å². The summed E-state index contributed by atoms with van der Waals surface area (Å²) in [6.07, 6.45) is -2.48. The Hall–Kier alpha value is -4.63. The second-order valence-corrected chi connectivity index (χ2v) is 11.4. The average Bonchev–Trinajstić information content (AvgIpc) is 3.47. The molecule has 0 radical (unpaired) electrons. The Labute approximate surface area is 241 Å². The lowest BCUT2D eigenvalue weighted by atomic mass is 10.1. The second kappa shape index (κ2) is 11.3. The second-order valence-electron chi connectivity index (χ2n) is 11.4. The van der Waals surface area contributed by atoms with Crippen LogP contribution in [0, 0.1) is 13.5 Å². The van der Waals surface area contributed by atoms with Crippen molar-refractivity contribution in [2.75, 3.05) is 27.7 Å². The number of hydrogen-bond donors (Lipinski definition) is 1. The van der Waals surface area contributed by atoms with E-state index in [4.69, 9.17) is 6.57 Å². The van der Waals surface area contributed by atoms with E-state index < -0.39 is 23.5 Å². The molecule has 42 heavy (non-hydrogen) atoms. The summed E-state index contributed by atoms with van der Waals surface area (Å²) in [4.78, 5) is 30.8. The Balaban J connectivity index is 1.99. The number of hydrogen-bond acceptors (Lipinski definition) is 3. The fourth-order valence-corrected chi connectivity index (χ4v) is 4.71. The Morgan fingerprint density at radius 2 is 1.83 bits per heavy atom. The highest BCUT2D eigenvalue weighted by Gasteiger charge is 2.32. The number of rotatable bonds is 7. The summed E-state index contributed by atoms with van der Waals surface area (Å²) in [5, 5.41) is 7.23. The van der Waals surface area contributed by atoms with Gasteiger partial charge in [-0.1, -0.05) is 18.2 Å². The number of nitrogens with zero attached hydrogens (tertiary/aromatic N) is 6. The van der Waals surface area contributed by atoms with E-state index in [1.807, 2.05) is 0 Å².